The zero-order valence-corrected chi connectivity index (χ0v) is 6.89. The highest BCUT2D eigenvalue weighted by atomic mass is 127. The number of anilines is 1. The molecule has 9 heavy (non-hydrogen) atoms. The maximum atomic E-state index is 12.6. The molecule has 0 aliphatic carbocycles. The highest BCUT2D eigenvalue weighted by molar-refractivity contribution is 14.1. The van der Waals surface area contributed by atoms with Crippen LogP contribution in [0.2, 0.25) is 0 Å². The molecule has 1 aromatic heterocycles. The summed E-state index contributed by atoms with van der Waals surface area (Å²) >= 11 is 1.81. The molecule has 0 aliphatic rings. The van der Waals surface area contributed by atoms with Crippen LogP contribution >= 0.6 is 22.6 Å². The highest BCUT2D eigenvalue weighted by Gasteiger charge is 2.08. The number of hydrogen-bond acceptors (Lipinski definition) is 2. The Morgan fingerprint density at radius 3 is 2.44 bits per heavy atom. The normalized spacial score (nSPS) is 10.1. The first kappa shape index (κ1) is 6.79. The molecule has 0 amide bonds. The molecule has 0 aromatic carbocycles. The lowest BCUT2D eigenvalue weighted by Crippen LogP contribution is -1.94. The minimum Gasteiger partial charge on any atom is -0.381 e. The average molecular weight is 241 g/mol. The van der Waals surface area contributed by atoms with Gasteiger partial charge in [0, 0.05) is 7.05 Å². The van der Waals surface area contributed by atoms with Crippen molar-refractivity contribution < 1.29 is 4.39 Å². The first-order valence-electron chi connectivity index (χ1n) is 2.26. The van der Waals surface area contributed by atoms with Crippen molar-refractivity contribution in [1.82, 2.24) is 9.78 Å². The lowest BCUT2D eigenvalue weighted by molar-refractivity contribution is 0.499. The molecule has 3 nitrogen and oxygen atoms in total. The molecule has 0 unspecified atom stereocenters. The molecule has 0 bridgehead atoms. The van der Waals surface area contributed by atoms with Crippen LogP contribution in [0.3, 0.4) is 0 Å². The molecule has 50 valence electrons. The highest BCUT2D eigenvalue weighted by Crippen LogP contribution is 2.15. The van der Waals surface area contributed by atoms with Gasteiger partial charge in [0.05, 0.1) is 0 Å². The lowest BCUT2D eigenvalue weighted by Gasteiger charge is -1.84. The summed E-state index contributed by atoms with van der Waals surface area (Å²) in [5, 5.41) is 3.62. The molecular formula is C4H5FIN3. The largest absolute Gasteiger partial charge is 0.381 e. The number of nitrogens with zero attached hydrogens (tertiary/aromatic N) is 2. The molecule has 0 saturated heterocycles. The van der Waals surface area contributed by atoms with Gasteiger partial charge in [-0.3, -0.25) is 0 Å². The molecule has 0 fully saturated rings. The molecular weight excluding hydrogens is 236 g/mol. The predicted molar refractivity (Wildman–Crippen MR) is 40.3 cm³/mol. The second kappa shape index (κ2) is 2.13. The summed E-state index contributed by atoms with van der Waals surface area (Å²) in [7, 11) is 1.51. The Labute approximate surface area is 65.2 Å². The van der Waals surface area contributed by atoms with Crippen molar-refractivity contribution in [1.29, 1.82) is 0 Å². The fourth-order valence-electron chi connectivity index (χ4n) is 0.497. The SMILES string of the molecule is Cn1nc(N)c(I)c1F. The van der Waals surface area contributed by atoms with E-state index in [1.54, 1.807) is 22.6 Å². The Kier molecular flexibility index (Phi) is 1.60. The first-order chi connectivity index (χ1) is 4.13. The molecule has 0 saturated carbocycles. The van der Waals surface area contributed by atoms with Gasteiger partial charge in [0.2, 0.25) is 5.95 Å². The van der Waals surface area contributed by atoms with E-state index in [-0.39, 0.29) is 11.8 Å². The van der Waals surface area contributed by atoms with Gasteiger partial charge in [0.1, 0.15) is 3.57 Å². The van der Waals surface area contributed by atoms with E-state index in [1.807, 2.05) is 0 Å². The van der Waals surface area contributed by atoms with E-state index in [0.717, 1.165) is 4.68 Å². The van der Waals surface area contributed by atoms with E-state index >= 15 is 0 Å². The number of nitrogen functional groups attached to an aromatic ring is 1. The number of aromatic nitrogens is 2. The molecule has 1 aromatic rings. The van der Waals surface area contributed by atoms with E-state index in [4.69, 9.17) is 5.73 Å². The zero-order chi connectivity index (χ0) is 7.02. The topological polar surface area (TPSA) is 43.8 Å². The maximum absolute atomic E-state index is 12.6. The Hall–Kier alpha value is -0.330. The molecule has 0 atom stereocenters. The third-order valence-electron chi connectivity index (χ3n) is 0.948. The predicted octanol–water partition coefficient (Wildman–Crippen LogP) is 0.746. The average Bonchev–Trinajstić information content (AvgIpc) is 1.98. The smallest absolute Gasteiger partial charge is 0.226 e. The minimum atomic E-state index is -0.381. The van der Waals surface area contributed by atoms with Crippen molar-refractivity contribution in [2.24, 2.45) is 7.05 Å². The van der Waals surface area contributed by atoms with Gasteiger partial charge in [0.15, 0.2) is 5.82 Å². The van der Waals surface area contributed by atoms with Crippen LogP contribution in [0.5, 0.6) is 0 Å². The second-order valence-corrected chi connectivity index (χ2v) is 2.69. The van der Waals surface area contributed by atoms with Gasteiger partial charge < -0.3 is 5.73 Å². The van der Waals surface area contributed by atoms with Gasteiger partial charge in [-0.1, -0.05) is 0 Å². The third kappa shape index (κ3) is 1.00. The number of halogens is 2. The van der Waals surface area contributed by atoms with Crippen LogP contribution in [0.4, 0.5) is 10.2 Å². The number of hydrogen-bond donors (Lipinski definition) is 1. The number of nitrogens with two attached hydrogens (primary N) is 1. The van der Waals surface area contributed by atoms with Gasteiger partial charge >= 0.3 is 0 Å². The summed E-state index contributed by atoms with van der Waals surface area (Å²) in [6, 6.07) is 0. The second-order valence-electron chi connectivity index (χ2n) is 1.61. The van der Waals surface area contributed by atoms with Crippen LogP contribution in [-0.2, 0) is 7.05 Å². The molecule has 1 heterocycles. The minimum absolute atomic E-state index is 0.246. The van der Waals surface area contributed by atoms with Crippen LogP contribution < -0.4 is 5.73 Å². The summed E-state index contributed by atoms with van der Waals surface area (Å²) in [5.74, 6) is -0.135. The van der Waals surface area contributed by atoms with Crippen LogP contribution in [-0.4, -0.2) is 9.78 Å². The van der Waals surface area contributed by atoms with Crippen LogP contribution in [0.15, 0.2) is 0 Å². The molecule has 0 aliphatic heterocycles. The molecule has 1 rings (SSSR count). The van der Waals surface area contributed by atoms with Crippen molar-refractivity contribution in [3.63, 3.8) is 0 Å². The van der Waals surface area contributed by atoms with Crippen molar-refractivity contribution in [3.8, 4) is 0 Å². The summed E-state index contributed by atoms with van der Waals surface area (Å²) < 4.78 is 14.1. The lowest BCUT2D eigenvalue weighted by atomic mass is 10.6. The number of aryl methyl sites for hydroxylation is 1. The van der Waals surface area contributed by atoms with Crippen molar-refractivity contribution in [2.45, 2.75) is 0 Å². The van der Waals surface area contributed by atoms with Gasteiger partial charge in [-0.05, 0) is 22.6 Å². The van der Waals surface area contributed by atoms with Gasteiger partial charge in [-0.2, -0.15) is 9.49 Å². The van der Waals surface area contributed by atoms with Crippen molar-refractivity contribution in [2.75, 3.05) is 5.73 Å². The van der Waals surface area contributed by atoms with E-state index in [0.29, 0.717) is 3.57 Å². The van der Waals surface area contributed by atoms with E-state index in [2.05, 4.69) is 5.10 Å². The monoisotopic (exact) mass is 241 g/mol. The molecule has 5 heteroatoms. The Morgan fingerprint density at radius 2 is 2.33 bits per heavy atom. The van der Waals surface area contributed by atoms with Crippen LogP contribution in [0.25, 0.3) is 0 Å². The maximum Gasteiger partial charge on any atom is 0.226 e. The van der Waals surface area contributed by atoms with Gasteiger partial charge in [0.25, 0.3) is 0 Å². The summed E-state index contributed by atoms with van der Waals surface area (Å²) in [6.07, 6.45) is 0. The van der Waals surface area contributed by atoms with Crippen LogP contribution in [0.1, 0.15) is 0 Å². The molecule has 0 radical (unpaired) electrons. The quantitative estimate of drug-likeness (QED) is 0.681. The standard InChI is InChI=1S/C4H5FIN3/c1-9-3(5)2(6)4(7)8-9/h1H3,(H2,7,8). The summed E-state index contributed by atoms with van der Waals surface area (Å²) in [6.45, 7) is 0. The van der Waals surface area contributed by atoms with Crippen LogP contribution in [0, 0.1) is 9.52 Å². The Bertz CT molecular complexity index is 209. The van der Waals surface area contributed by atoms with Crippen molar-refractivity contribution in [3.05, 3.63) is 9.52 Å². The summed E-state index contributed by atoms with van der Waals surface area (Å²) in [5.41, 5.74) is 5.26. The van der Waals surface area contributed by atoms with Gasteiger partial charge in [-0.25, -0.2) is 4.68 Å². The Balaban J connectivity index is 3.29. The molecule has 2 N–H and O–H groups in total. The first-order valence-corrected chi connectivity index (χ1v) is 3.34. The third-order valence-corrected chi connectivity index (χ3v) is 1.95. The van der Waals surface area contributed by atoms with E-state index in [1.165, 1.54) is 7.05 Å². The van der Waals surface area contributed by atoms with E-state index in [9.17, 15) is 4.39 Å². The number of rotatable bonds is 0. The van der Waals surface area contributed by atoms with Crippen molar-refractivity contribution >= 4 is 28.4 Å². The fraction of sp³-hybridized carbons (Fsp3) is 0.250. The van der Waals surface area contributed by atoms with E-state index < -0.39 is 0 Å². The molecule has 0 spiro atoms. The zero-order valence-electron chi connectivity index (χ0n) is 4.73. The fourth-order valence-corrected chi connectivity index (χ4v) is 0.954. The Morgan fingerprint density at radius 1 is 1.78 bits per heavy atom. The summed E-state index contributed by atoms with van der Waals surface area (Å²) in [4.78, 5) is 0. The van der Waals surface area contributed by atoms with Gasteiger partial charge in [-0.15, -0.1) is 0 Å².